The van der Waals surface area contributed by atoms with Gasteiger partial charge in [0.25, 0.3) is 5.91 Å². The first kappa shape index (κ1) is 19.9. The third-order valence-corrected chi connectivity index (χ3v) is 5.95. The van der Waals surface area contributed by atoms with E-state index in [0.717, 1.165) is 50.3 Å². The predicted molar refractivity (Wildman–Crippen MR) is 117 cm³/mol. The third kappa shape index (κ3) is 4.61. The van der Waals surface area contributed by atoms with Gasteiger partial charge in [0.05, 0.1) is 6.17 Å². The summed E-state index contributed by atoms with van der Waals surface area (Å²) in [6.07, 6.45) is 2.32. The van der Waals surface area contributed by atoms with E-state index < -0.39 is 0 Å². The van der Waals surface area contributed by atoms with Crippen molar-refractivity contribution in [3.8, 4) is 0 Å². The highest BCUT2D eigenvalue weighted by molar-refractivity contribution is 5.95. The minimum Gasteiger partial charge on any atom is -0.378 e. The Hall–Kier alpha value is -2.41. The Morgan fingerprint density at radius 1 is 0.966 bits per heavy atom. The van der Waals surface area contributed by atoms with Crippen LogP contribution in [0.1, 0.15) is 34.8 Å². The lowest BCUT2D eigenvalue weighted by Crippen LogP contribution is -2.46. The number of amides is 1. The fourth-order valence-corrected chi connectivity index (χ4v) is 4.23. The molecule has 2 heterocycles. The summed E-state index contributed by atoms with van der Waals surface area (Å²) in [5.74, 6) is 0.134. The van der Waals surface area contributed by atoms with Crippen molar-refractivity contribution >= 4 is 11.6 Å². The molecule has 2 atom stereocenters. The molecule has 2 N–H and O–H groups in total. The number of rotatable bonds is 4. The molecule has 2 aliphatic rings. The molecule has 0 saturated carbocycles. The molecule has 1 amide bonds. The van der Waals surface area contributed by atoms with Crippen LogP contribution in [0.15, 0.2) is 54.6 Å². The molecule has 6 nitrogen and oxygen atoms in total. The topological polar surface area (TPSA) is 50.9 Å². The maximum Gasteiger partial charge on any atom is 0.253 e. The number of benzene rings is 2. The number of hydrogen-bond acceptors (Lipinski definition) is 5. The molecule has 6 heteroatoms. The van der Waals surface area contributed by atoms with E-state index in [0.29, 0.717) is 12.2 Å². The van der Waals surface area contributed by atoms with Gasteiger partial charge in [-0.1, -0.05) is 36.4 Å². The van der Waals surface area contributed by atoms with Crippen LogP contribution in [0.4, 0.5) is 5.69 Å². The van der Waals surface area contributed by atoms with E-state index in [1.807, 2.05) is 48.2 Å². The Kier molecular flexibility index (Phi) is 6.13. The van der Waals surface area contributed by atoms with Crippen LogP contribution in [-0.2, 0) is 0 Å². The summed E-state index contributed by atoms with van der Waals surface area (Å²) in [5.41, 5.74) is 10.0. The highest BCUT2D eigenvalue weighted by Gasteiger charge is 2.31. The monoisotopic (exact) mass is 393 g/mol. The second-order valence-corrected chi connectivity index (χ2v) is 8.13. The Balaban J connectivity index is 1.36. The van der Waals surface area contributed by atoms with Crippen molar-refractivity contribution in [2.24, 2.45) is 0 Å². The number of nitrogens with one attached hydrogen (secondary N) is 2. The fraction of sp³-hybridized carbons (Fsp3) is 0.435. The van der Waals surface area contributed by atoms with Crippen LogP contribution in [0.5, 0.6) is 0 Å². The van der Waals surface area contributed by atoms with E-state index in [2.05, 4.69) is 46.1 Å². The van der Waals surface area contributed by atoms with Crippen LogP contribution in [0, 0.1) is 0 Å². The lowest BCUT2D eigenvalue weighted by Gasteiger charge is -2.27. The smallest absolute Gasteiger partial charge is 0.253 e. The van der Waals surface area contributed by atoms with Crippen molar-refractivity contribution in [3.05, 3.63) is 65.7 Å². The van der Waals surface area contributed by atoms with Gasteiger partial charge >= 0.3 is 0 Å². The third-order valence-electron chi connectivity index (χ3n) is 5.95. The van der Waals surface area contributed by atoms with Crippen molar-refractivity contribution in [1.82, 2.24) is 20.7 Å². The van der Waals surface area contributed by atoms with Gasteiger partial charge in [-0.05, 0) is 36.6 Å². The zero-order valence-corrected chi connectivity index (χ0v) is 17.3. The van der Waals surface area contributed by atoms with Gasteiger partial charge in [-0.2, -0.15) is 0 Å². The highest BCUT2D eigenvalue weighted by Crippen LogP contribution is 2.24. The van der Waals surface area contributed by atoms with Crippen LogP contribution in [-0.4, -0.2) is 62.1 Å². The lowest BCUT2D eigenvalue weighted by molar-refractivity contribution is 0.0756. The molecule has 2 aromatic rings. The number of carbonyl (C=O) groups excluding carboxylic acids is 1. The molecule has 2 saturated heterocycles. The quantitative estimate of drug-likeness (QED) is 0.836. The van der Waals surface area contributed by atoms with Gasteiger partial charge in [0.2, 0.25) is 0 Å². The van der Waals surface area contributed by atoms with Crippen molar-refractivity contribution < 1.29 is 4.79 Å². The van der Waals surface area contributed by atoms with Gasteiger partial charge in [0, 0.05) is 57.6 Å². The van der Waals surface area contributed by atoms with Crippen LogP contribution in [0.3, 0.4) is 0 Å². The molecule has 0 radical (unpaired) electrons. The average molecular weight is 394 g/mol. The number of hydrazine groups is 1. The van der Waals surface area contributed by atoms with Gasteiger partial charge < -0.3 is 9.80 Å². The molecule has 29 heavy (non-hydrogen) atoms. The Bertz CT molecular complexity index is 825. The number of nitrogens with zero attached hydrogens (tertiary/aromatic N) is 3. The molecule has 4 rings (SSSR count). The number of anilines is 1. The van der Waals surface area contributed by atoms with Gasteiger partial charge in [0.15, 0.2) is 0 Å². The van der Waals surface area contributed by atoms with Crippen molar-refractivity contribution in [3.63, 3.8) is 0 Å². The van der Waals surface area contributed by atoms with E-state index in [9.17, 15) is 4.79 Å². The van der Waals surface area contributed by atoms with Crippen LogP contribution < -0.4 is 15.8 Å². The van der Waals surface area contributed by atoms with E-state index in [1.54, 1.807) is 0 Å². The molecule has 0 bridgehead atoms. The average Bonchev–Trinajstić information content (AvgIpc) is 3.12. The van der Waals surface area contributed by atoms with Crippen molar-refractivity contribution in [2.45, 2.75) is 25.0 Å². The fourth-order valence-electron chi connectivity index (χ4n) is 4.23. The molecule has 0 aromatic heterocycles. The molecular weight excluding hydrogens is 362 g/mol. The maximum atomic E-state index is 13.1. The molecule has 154 valence electrons. The first-order valence-electron chi connectivity index (χ1n) is 10.5. The maximum absolute atomic E-state index is 13.1. The standard InChI is InChI=1S/C23H31N5O/c1-26(2)20-11-6-10-19(16-20)23(29)28-13-7-12-27(14-15-28)22-17-21(24-25-22)18-8-4-3-5-9-18/h3-6,8-11,16,21-22,24-25H,7,12-15,17H2,1-2H3. The summed E-state index contributed by atoms with van der Waals surface area (Å²) in [5, 5.41) is 0. The van der Waals surface area contributed by atoms with Gasteiger partial charge in [0.1, 0.15) is 0 Å². The Labute approximate surface area is 173 Å². The first-order chi connectivity index (χ1) is 14.1. The molecule has 2 aromatic carbocycles. The minimum absolute atomic E-state index is 0.134. The summed E-state index contributed by atoms with van der Waals surface area (Å²) in [7, 11) is 4.00. The largest absolute Gasteiger partial charge is 0.378 e. The zero-order valence-electron chi connectivity index (χ0n) is 17.3. The summed E-state index contributed by atoms with van der Waals surface area (Å²) in [6.45, 7) is 3.46. The highest BCUT2D eigenvalue weighted by atomic mass is 16.2. The summed E-state index contributed by atoms with van der Waals surface area (Å²) in [6, 6.07) is 18.8. The number of hydrogen-bond donors (Lipinski definition) is 2. The van der Waals surface area contributed by atoms with E-state index in [-0.39, 0.29) is 5.91 Å². The van der Waals surface area contributed by atoms with Crippen molar-refractivity contribution in [2.75, 3.05) is 45.2 Å². The van der Waals surface area contributed by atoms with Crippen LogP contribution in [0.2, 0.25) is 0 Å². The first-order valence-corrected chi connectivity index (χ1v) is 10.5. The van der Waals surface area contributed by atoms with E-state index >= 15 is 0 Å². The van der Waals surface area contributed by atoms with Gasteiger partial charge in [-0.3, -0.25) is 9.69 Å². The molecule has 2 fully saturated rings. The Morgan fingerprint density at radius 3 is 2.59 bits per heavy atom. The lowest BCUT2D eigenvalue weighted by atomic mass is 10.0. The van der Waals surface area contributed by atoms with Gasteiger partial charge in [-0.25, -0.2) is 10.9 Å². The van der Waals surface area contributed by atoms with Crippen LogP contribution >= 0.6 is 0 Å². The summed E-state index contributed by atoms with van der Waals surface area (Å²) < 4.78 is 0. The molecule has 2 unspecified atom stereocenters. The number of carbonyl (C=O) groups is 1. The summed E-state index contributed by atoms with van der Waals surface area (Å²) in [4.78, 5) is 19.6. The van der Waals surface area contributed by atoms with Crippen molar-refractivity contribution in [1.29, 1.82) is 0 Å². The molecule has 0 spiro atoms. The second-order valence-electron chi connectivity index (χ2n) is 8.13. The Morgan fingerprint density at radius 2 is 1.79 bits per heavy atom. The van der Waals surface area contributed by atoms with Gasteiger partial charge in [-0.15, -0.1) is 0 Å². The summed E-state index contributed by atoms with van der Waals surface area (Å²) >= 11 is 0. The molecule has 0 aliphatic carbocycles. The molecule has 2 aliphatic heterocycles. The van der Waals surface area contributed by atoms with E-state index in [1.165, 1.54) is 5.56 Å². The molecular formula is C23H31N5O. The second kappa shape index (κ2) is 8.95. The normalized spacial score (nSPS) is 23.0. The minimum atomic E-state index is 0.134. The SMILES string of the molecule is CN(C)c1cccc(C(=O)N2CCCN(C3CC(c4ccccc4)NN3)CC2)c1. The van der Waals surface area contributed by atoms with E-state index in [4.69, 9.17) is 0 Å². The zero-order chi connectivity index (χ0) is 20.2. The predicted octanol–water partition coefficient (Wildman–Crippen LogP) is 2.47. The van der Waals surface area contributed by atoms with Crippen LogP contribution in [0.25, 0.3) is 0 Å².